The third kappa shape index (κ3) is 4.01. The highest BCUT2D eigenvalue weighted by molar-refractivity contribution is 5.98. The van der Waals surface area contributed by atoms with Gasteiger partial charge in [0.1, 0.15) is 6.04 Å². The second-order valence-electron chi connectivity index (χ2n) is 4.93. The molecule has 2 N–H and O–H groups in total. The van der Waals surface area contributed by atoms with Crippen LogP contribution in [0.3, 0.4) is 0 Å². The Morgan fingerprint density at radius 3 is 2.52 bits per heavy atom. The summed E-state index contributed by atoms with van der Waals surface area (Å²) in [7, 11) is 0. The van der Waals surface area contributed by atoms with Crippen molar-refractivity contribution in [2.24, 2.45) is 5.92 Å². The fourth-order valence-electron chi connectivity index (χ4n) is 1.87. The Hall–Kier alpha value is -2.44. The maximum atomic E-state index is 12.2. The summed E-state index contributed by atoms with van der Waals surface area (Å²) in [4.78, 5) is 33.5. The molecule has 7 nitrogen and oxygen atoms in total. The van der Waals surface area contributed by atoms with Crippen molar-refractivity contribution in [3.05, 3.63) is 39.4 Å². The van der Waals surface area contributed by atoms with E-state index in [0.29, 0.717) is 12.0 Å². The van der Waals surface area contributed by atoms with Crippen molar-refractivity contribution >= 4 is 17.6 Å². The molecular formula is C14H18N2O5. The highest BCUT2D eigenvalue weighted by atomic mass is 16.6. The molecule has 114 valence electrons. The van der Waals surface area contributed by atoms with Gasteiger partial charge in [0.25, 0.3) is 11.6 Å². The SMILES string of the molecule is CCC(C)[C@H](NC(=O)c1cc([N+](=O)[O-])ccc1C)C(=O)O. The number of amides is 1. The maximum absolute atomic E-state index is 12.2. The van der Waals surface area contributed by atoms with Crippen LogP contribution in [0.4, 0.5) is 5.69 Å². The summed E-state index contributed by atoms with van der Waals surface area (Å²) in [5.41, 5.74) is 0.450. The zero-order valence-electron chi connectivity index (χ0n) is 12.1. The van der Waals surface area contributed by atoms with Crippen LogP contribution in [0.15, 0.2) is 18.2 Å². The molecule has 0 fully saturated rings. The monoisotopic (exact) mass is 294 g/mol. The molecule has 0 bridgehead atoms. The number of non-ortho nitro benzene ring substituents is 1. The Labute approximate surface area is 122 Å². The smallest absolute Gasteiger partial charge is 0.326 e. The second-order valence-corrected chi connectivity index (χ2v) is 4.93. The number of carbonyl (C=O) groups excluding carboxylic acids is 1. The molecule has 0 heterocycles. The van der Waals surface area contributed by atoms with Gasteiger partial charge in [-0.15, -0.1) is 0 Å². The van der Waals surface area contributed by atoms with Crippen LogP contribution in [-0.2, 0) is 4.79 Å². The van der Waals surface area contributed by atoms with Crippen molar-refractivity contribution < 1.29 is 19.6 Å². The van der Waals surface area contributed by atoms with Gasteiger partial charge in [0.05, 0.1) is 4.92 Å². The van der Waals surface area contributed by atoms with Gasteiger partial charge >= 0.3 is 5.97 Å². The number of carbonyl (C=O) groups is 2. The minimum atomic E-state index is -1.12. The van der Waals surface area contributed by atoms with Gasteiger partial charge in [0.2, 0.25) is 0 Å². The van der Waals surface area contributed by atoms with Gasteiger partial charge in [-0.25, -0.2) is 4.79 Å². The fraction of sp³-hybridized carbons (Fsp3) is 0.429. The molecule has 0 saturated heterocycles. The van der Waals surface area contributed by atoms with Crippen LogP contribution in [0.25, 0.3) is 0 Å². The second kappa shape index (κ2) is 6.83. The van der Waals surface area contributed by atoms with Crippen molar-refractivity contribution in [3.8, 4) is 0 Å². The topological polar surface area (TPSA) is 110 Å². The predicted octanol–water partition coefficient (Wildman–Crippen LogP) is 2.13. The Balaban J connectivity index is 3.05. The van der Waals surface area contributed by atoms with Crippen molar-refractivity contribution in [1.29, 1.82) is 0 Å². The Morgan fingerprint density at radius 2 is 2.05 bits per heavy atom. The third-order valence-electron chi connectivity index (χ3n) is 3.44. The van der Waals surface area contributed by atoms with E-state index in [9.17, 15) is 19.7 Å². The van der Waals surface area contributed by atoms with Gasteiger partial charge in [-0.05, 0) is 18.4 Å². The first-order valence-corrected chi connectivity index (χ1v) is 6.56. The molecule has 0 aromatic heterocycles. The Morgan fingerprint density at radius 1 is 1.43 bits per heavy atom. The summed E-state index contributed by atoms with van der Waals surface area (Å²) < 4.78 is 0. The van der Waals surface area contributed by atoms with Crippen molar-refractivity contribution in [1.82, 2.24) is 5.32 Å². The number of nitro groups is 1. The van der Waals surface area contributed by atoms with E-state index >= 15 is 0 Å². The van der Waals surface area contributed by atoms with Gasteiger partial charge in [-0.3, -0.25) is 14.9 Å². The van der Waals surface area contributed by atoms with E-state index in [-0.39, 0.29) is 17.2 Å². The number of nitrogens with zero attached hydrogens (tertiary/aromatic N) is 1. The van der Waals surface area contributed by atoms with E-state index in [2.05, 4.69) is 5.32 Å². The average Bonchev–Trinajstić information content (AvgIpc) is 2.43. The number of carboxylic acids is 1. The first kappa shape index (κ1) is 16.6. The predicted molar refractivity (Wildman–Crippen MR) is 76.2 cm³/mol. The molecule has 1 unspecified atom stereocenters. The number of carboxylic acid groups (broad SMARTS) is 1. The first-order valence-electron chi connectivity index (χ1n) is 6.56. The van der Waals surface area contributed by atoms with E-state index in [1.165, 1.54) is 12.1 Å². The number of rotatable bonds is 6. The molecule has 0 aliphatic carbocycles. The third-order valence-corrected chi connectivity index (χ3v) is 3.44. The zero-order valence-corrected chi connectivity index (χ0v) is 12.1. The highest BCUT2D eigenvalue weighted by Crippen LogP contribution is 2.18. The van der Waals surface area contributed by atoms with E-state index in [0.717, 1.165) is 6.07 Å². The minimum absolute atomic E-state index is 0.110. The molecule has 21 heavy (non-hydrogen) atoms. The first-order chi connectivity index (χ1) is 9.77. The van der Waals surface area contributed by atoms with Gasteiger partial charge in [-0.1, -0.05) is 26.3 Å². The van der Waals surface area contributed by atoms with Crippen LogP contribution in [0, 0.1) is 23.0 Å². The van der Waals surface area contributed by atoms with Crippen LogP contribution < -0.4 is 5.32 Å². The number of hydrogen-bond acceptors (Lipinski definition) is 4. The lowest BCUT2D eigenvalue weighted by atomic mass is 9.98. The summed E-state index contributed by atoms with van der Waals surface area (Å²) in [6.07, 6.45) is 0.588. The minimum Gasteiger partial charge on any atom is -0.480 e. The molecule has 0 aliphatic heterocycles. The highest BCUT2D eigenvalue weighted by Gasteiger charge is 2.26. The van der Waals surface area contributed by atoms with Gasteiger partial charge in [0.15, 0.2) is 0 Å². The van der Waals surface area contributed by atoms with E-state index in [1.54, 1.807) is 13.8 Å². The molecular weight excluding hydrogens is 276 g/mol. The van der Waals surface area contributed by atoms with Crippen LogP contribution in [-0.4, -0.2) is 27.9 Å². The van der Waals surface area contributed by atoms with Gasteiger partial charge in [0, 0.05) is 17.7 Å². The molecule has 2 atom stereocenters. The van der Waals surface area contributed by atoms with E-state index < -0.39 is 22.8 Å². The molecule has 0 saturated carbocycles. The van der Waals surface area contributed by atoms with Crippen molar-refractivity contribution in [2.45, 2.75) is 33.2 Å². The summed E-state index contributed by atoms with van der Waals surface area (Å²) in [6, 6.07) is 2.89. The lowest BCUT2D eigenvalue weighted by Gasteiger charge is -2.20. The molecule has 0 aliphatic rings. The molecule has 1 aromatic carbocycles. The molecule has 0 radical (unpaired) electrons. The van der Waals surface area contributed by atoms with Gasteiger partial charge in [-0.2, -0.15) is 0 Å². The molecule has 1 amide bonds. The number of nitrogens with one attached hydrogen (secondary N) is 1. The summed E-state index contributed by atoms with van der Waals surface area (Å²) in [5.74, 6) is -1.99. The number of hydrogen-bond donors (Lipinski definition) is 2. The van der Waals surface area contributed by atoms with Crippen LogP contribution in [0.2, 0.25) is 0 Å². The van der Waals surface area contributed by atoms with Crippen LogP contribution in [0.5, 0.6) is 0 Å². The summed E-state index contributed by atoms with van der Waals surface area (Å²) in [5, 5.41) is 22.3. The van der Waals surface area contributed by atoms with E-state index in [1.807, 2.05) is 6.92 Å². The molecule has 1 rings (SSSR count). The molecule has 7 heteroatoms. The number of aryl methyl sites for hydroxylation is 1. The van der Waals surface area contributed by atoms with Crippen molar-refractivity contribution in [3.63, 3.8) is 0 Å². The lowest BCUT2D eigenvalue weighted by Crippen LogP contribution is -2.45. The largest absolute Gasteiger partial charge is 0.480 e. The van der Waals surface area contributed by atoms with E-state index in [4.69, 9.17) is 5.11 Å². The standard InChI is InChI=1S/C14H18N2O5/c1-4-8(2)12(14(18)19)15-13(17)11-7-10(16(20)21)6-5-9(11)3/h5-8,12H,4H2,1-3H3,(H,15,17)(H,18,19)/t8?,12-/m0/s1. The summed E-state index contributed by atoms with van der Waals surface area (Å²) >= 11 is 0. The quantitative estimate of drug-likeness (QED) is 0.617. The molecule has 0 spiro atoms. The van der Waals surface area contributed by atoms with Crippen LogP contribution >= 0.6 is 0 Å². The summed E-state index contributed by atoms with van der Waals surface area (Å²) in [6.45, 7) is 5.18. The lowest BCUT2D eigenvalue weighted by molar-refractivity contribution is -0.384. The number of nitro benzene ring substituents is 1. The Bertz CT molecular complexity index is 570. The van der Waals surface area contributed by atoms with Gasteiger partial charge < -0.3 is 10.4 Å². The maximum Gasteiger partial charge on any atom is 0.326 e. The number of benzene rings is 1. The normalized spacial score (nSPS) is 13.3. The molecule has 1 aromatic rings. The van der Waals surface area contributed by atoms with Crippen molar-refractivity contribution in [2.75, 3.05) is 0 Å². The fourth-order valence-corrected chi connectivity index (χ4v) is 1.87. The average molecular weight is 294 g/mol. The Kier molecular flexibility index (Phi) is 5.40. The number of aliphatic carboxylic acids is 1. The van der Waals surface area contributed by atoms with Crippen LogP contribution in [0.1, 0.15) is 36.2 Å². The zero-order chi connectivity index (χ0) is 16.2.